The number of pyridine rings is 1. The number of rotatable bonds is 2. The largest absolute Gasteiger partial charge is 0.381 e. The van der Waals surface area contributed by atoms with Gasteiger partial charge in [-0.25, -0.2) is 9.50 Å². The predicted octanol–water partition coefficient (Wildman–Crippen LogP) is 1.98. The van der Waals surface area contributed by atoms with Crippen LogP contribution in [-0.2, 0) is 4.74 Å². The molecular formula is C16H16N4O2. The maximum atomic E-state index is 12.3. The lowest BCUT2D eigenvalue weighted by Gasteiger charge is -2.21. The molecular weight excluding hydrogens is 280 g/mol. The molecule has 1 aliphatic rings. The molecule has 3 aromatic rings. The summed E-state index contributed by atoms with van der Waals surface area (Å²) in [7, 11) is 0. The molecule has 0 radical (unpaired) electrons. The normalized spacial score (nSPS) is 16.2. The quantitative estimate of drug-likeness (QED) is 0.785. The molecule has 112 valence electrons. The van der Waals surface area contributed by atoms with Crippen LogP contribution < -0.4 is 5.56 Å². The van der Waals surface area contributed by atoms with Crippen LogP contribution in [-0.4, -0.2) is 32.8 Å². The molecule has 0 unspecified atom stereocenters. The maximum Gasteiger partial charge on any atom is 0.272 e. The minimum atomic E-state index is -0.0770. The number of nitrogens with zero attached hydrogens (tertiary/aromatic N) is 3. The Balaban J connectivity index is 1.79. The van der Waals surface area contributed by atoms with Gasteiger partial charge in [0.05, 0.1) is 11.4 Å². The summed E-state index contributed by atoms with van der Waals surface area (Å²) in [4.78, 5) is 21.0. The lowest BCUT2D eigenvalue weighted by Crippen LogP contribution is -2.20. The second kappa shape index (κ2) is 5.38. The highest BCUT2D eigenvalue weighted by Gasteiger charge is 2.19. The second-order valence-electron chi connectivity index (χ2n) is 5.51. The summed E-state index contributed by atoms with van der Waals surface area (Å²) in [6.45, 7) is 1.47. The molecule has 6 heteroatoms. The molecule has 0 saturated carbocycles. The summed E-state index contributed by atoms with van der Waals surface area (Å²) >= 11 is 0. The monoisotopic (exact) mass is 296 g/mol. The van der Waals surface area contributed by atoms with E-state index in [0.717, 1.165) is 43.0 Å². The Kier molecular flexibility index (Phi) is 3.23. The van der Waals surface area contributed by atoms with Crippen molar-refractivity contribution in [3.63, 3.8) is 0 Å². The third-order valence-corrected chi connectivity index (χ3v) is 4.10. The summed E-state index contributed by atoms with van der Waals surface area (Å²) in [5.74, 6) is 0.311. The number of nitrogens with one attached hydrogen (secondary N) is 1. The van der Waals surface area contributed by atoms with Crippen molar-refractivity contribution in [3.05, 3.63) is 52.7 Å². The summed E-state index contributed by atoms with van der Waals surface area (Å²) in [5.41, 5.74) is 3.28. The van der Waals surface area contributed by atoms with E-state index in [-0.39, 0.29) is 5.56 Å². The molecule has 0 aromatic carbocycles. The highest BCUT2D eigenvalue weighted by molar-refractivity contribution is 5.63. The average Bonchev–Trinajstić information content (AvgIpc) is 3.01. The van der Waals surface area contributed by atoms with E-state index in [9.17, 15) is 4.79 Å². The number of hydrogen-bond acceptors (Lipinski definition) is 4. The first kappa shape index (κ1) is 13.2. The molecule has 22 heavy (non-hydrogen) atoms. The third kappa shape index (κ3) is 2.31. The molecule has 0 aliphatic carbocycles. The zero-order valence-electron chi connectivity index (χ0n) is 12.0. The summed E-state index contributed by atoms with van der Waals surface area (Å²) in [6.07, 6.45) is 5.30. The van der Waals surface area contributed by atoms with Crippen LogP contribution in [0, 0.1) is 0 Å². The van der Waals surface area contributed by atoms with Crippen LogP contribution in [0.1, 0.15) is 24.5 Å². The fourth-order valence-electron chi connectivity index (χ4n) is 2.89. The molecule has 4 rings (SSSR count). The molecule has 0 spiro atoms. The Hall–Kier alpha value is -2.47. The smallest absolute Gasteiger partial charge is 0.272 e. The fraction of sp³-hybridized carbons (Fsp3) is 0.312. The van der Waals surface area contributed by atoms with Crippen molar-refractivity contribution in [1.29, 1.82) is 0 Å². The van der Waals surface area contributed by atoms with E-state index in [4.69, 9.17) is 4.74 Å². The highest BCUT2D eigenvalue weighted by atomic mass is 16.5. The van der Waals surface area contributed by atoms with Gasteiger partial charge in [-0.3, -0.25) is 14.9 Å². The number of aromatic nitrogens is 4. The standard InChI is InChI=1S/C16H16N4O2/c21-16-10-13(12-3-7-22-8-4-12)18-15-9-14(19-20(15)16)11-1-5-17-6-2-11/h1-2,5-6,9-10,12,19H,3-4,7-8H2. The SMILES string of the molecule is O=c1cc(C2CCOCC2)nc2cc(-c3ccncc3)[nH]n12. The number of ether oxygens (including phenoxy) is 1. The van der Waals surface area contributed by atoms with E-state index in [1.807, 2.05) is 18.2 Å². The maximum absolute atomic E-state index is 12.3. The topological polar surface area (TPSA) is 72.3 Å². The first-order valence-electron chi connectivity index (χ1n) is 7.42. The Morgan fingerprint density at radius 1 is 1.18 bits per heavy atom. The van der Waals surface area contributed by atoms with Crippen molar-refractivity contribution in [2.45, 2.75) is 18.8 Å². The zero-order chi connectivity index (χ0) is 14.9. The van der Waals surface area contributed by atoms with Gasteiger partial charge in [0.2, 0.25) is 0 Å². The fourth-order valence-corrected chi connectivity index (χ4v) is 2.89. The Morgan fingerprint density at radius 3 is 2.73 bits per heavy atom. The van der Waals surface area contributed by atoms with Gasteiger partial charge in [0, 0.05) is 49.2 Å². The first-order valence-corrected chi connectivity index (χ1v) is 7.42. The second-order valence-corrected chi connectivity index (χ2v) is 5.51. The third-order valence-electron chi connectivity index (χ3n) is 4.10. The van der Waals surface area contributed by atoms with Crippen LogP contribution in [0.3, 0.4) is 0 Å². The molecule has 0 bridgehead atoms. The minimum absolute atomic E-state index is 0.0770. The van der Waals surface area contributed by atoms with Crippen molar-refractivity contribution in [2.75, 3.05) is 13.2 Å². The predicted molar refractivity (Wildman–Crippen MR) is 81.8 cm³/mol. The van der Waals surface area contributed by atoms with Gasteiger partial charge in [-0.2, -0.15) is 0 Å². The molecule has 0 atom stereocenters. The number of hydrogen-bond donors (Lipinski definition) is 1. The van der Waals surface area contributed by atoms with Crippen molar-refractivity contribution < 1.29 is 4.74 Å². The van der Waals surface area contributed by atoms with Gasteiger partial charge in [0.25, 0.3) is 5.56 Å². The van der Waals surface area contributed by atoms with E-state index >= 15 is 0 Å². The summed E-state index contributed by atoms with van der Waals surface area (Å²) < 4.78 is 6.86. The van der Waals surface area contributed by atoms with Crippen LogP contribution in [0.25, 0.3) is 16.9 Å². The molecule has 1 N–H and O–H groups in total. The number of aromatic amines is 1. The van der Waals surface area contributed by atoms with E-state index < -0.39 is 0 Å². The molecule has 3 aromatic heterocycles. The average molecular weight is 296 g/mol. The van der Waals surface area contributed by atoms with Crippen LogP contribution >= 0.6 is 0 Å². The molecule has 0 amide bonds. The van der Waals surface area contributed by atoms with Gasteiger partial charge in [0.1, 0.15) is 0 Å². The van der Waals surface area contributed by atoms with Crippen LogP contribution in [0.4, 0.5) is 0 Å². The van der Waals surface area contributed by atoms with Crippen LogP contribution in [0.15, 0.2) is 41.5 Å². The van der Waals surface area contributed by atoms with Gasteiger partial charge in [-0.05, 0) is 25.0 Å². The van der Waals surface area contributed by atoms with Crippen molar-refractivity contribution >= 4 is 5.65 Å². The van der Waals surface area contributed by atoms with E-state index in [1.165, 1.54) is 4.52 Å². The molecule has 6 nitrogen and oxygen atoms in total. The van der Waals surface area contributed by atoms with Crippen molar-refractivity contribution in [3.8, 4) is 11.3 Å². The Labute approximate surface area is 126 Å². The van der Waals surface area contributed by atoms with Gasteiger partial charge in [-0.15, -0.1) is 0 Å². The van der Waals surface area contributed by atoms with Gasteiger partial charge < -0.3 is 4.74 Å². The van der Waals surface area contributed by atoms with E-state index in [1.54, 1.807) is 18.5 Å². The first-order chi connectivity index (χ1) is 10.8. The van der Waals surface area contributed by atoms with E-state index in [2.05, 4.69) is 15.1 Å². The lowest BCUT2D eigenvalue weighted by molar-refractivity contribution is 0.0845. The Bertz CT molecular complexity index is 847. The molecule has 1 saturated heterocycles. The minimum Gasteiger partial charge on any atom is -0.381 e. The highest BCUT2D eigenvalue weighted by Crippen LogP contribution is 2.25. The lowest BCUT2D eigenvalue weighted by atomic mass is 9.96. The van der Waals surface area contributed by atoms with Crippen LogP contribution in [0.2, 0.25) is 0 Å². The van der Waals surface area contributed by atoms with Gasteiger partial charge in [-0.1, -0.05) is 0 Å². The van der Waals surface area contributed by atoms with Gasteiger partial charge in [0.15, 0.2) is 5.65 Å². The summed E-state index contributed by atoms with van der Waals surface area (Å²) in [6, 6.07) is 7.33. The Morgan fingerprint density at radius 2 is 1.95 bits per heavy atom. The van der Waals surface area contributed by atoms with Crippen molar-refractivity contribution in [2.24, 2.45) is 0 Å². The zero-order valence-corrected chi connectivity index (χ0v) is 12.0. The number of fused-ring (bicyclic) bond motifs is 1. The summed E-state index contributed by atoms with van der Waals surface area (Å²) in [5, 5.41) is 3.10. The van der Waals surface area contributed by atoms with Gasteiger partial charge >= 0.3 is 0 Å². The molecule has 4 heterocycles. The molecule has 1 aliphatic heterocycles. The van der Waals surface area contributed by atoms with Crippen molar-refractivity contribution in [1.82, 2.24) is 19.6 Å². The van der Waals surface area contributed by atoms with Crippen LogP contribution in [0.5, 0.6) is 0 Å². The number of H-pyrrole nitrogens is 1. The molecule has 1 fully saturated rings. The van der Waals surface area contributed by atoms with E-state index in [0.29, 0.717) is 11.6 Å².